The highest BCUT2D eigenvalue weighted by Gasteiger charge is 2.29. The van der Waals surface area contributed by atoms with Gasteiger partial charge in [0, 0.05) is 12.6 Å². The highest BCUT2D eigenvalue weighted by atomic mass is 16.5. The van der Waals surface area contributed by atoms with E-state index >= 15 is 0 Å². The Kier molecular flexibility index (Phi) is 9.10. The fraction of sp³-hybridized carbons (Fsp3) is 0.462. The maximum absolute atomic E-state index is 13.3. The molecular weight excluding hydrogens is 388 g/mol. The summed E-state index contributed by atoms with van der Waals surface area (Å²) < 4.78 is 5.83. The molecule has 2 amide bonds. The normalized spacial score (nSPS) is 12.7. The second-order valence-electron chi connectivity index (χ2n) is 8.30. The minimum Gasteiger partial charge on any atom is -0.484 e. The van der Waals surface area contributed by atoms with Crippen molar-refractivity contribution in [2.45, 2.75) is 73.0 Å². The molecular formula is C26H36N2O3. The number of nitrogens with one attached hydrogen (secondary N) is 1. The highest BCUT2D eigenvalue weighted by molar-refractivity contribution is 5.88. The average Bonchev–Trinajstić information content (AvgIpc) is 2.72. The zero-order valence-electron chi connectivity index (χ0n) is 19.7. The molecule has 0 spiro atoms. The topological polar surface area (TPSA) is 58.6 Å². The maximum atomic E-state index is 13.3. The van der Waals surface area contributed by atoms with Gasteiger partial charge in [-0.2, -0.15) is 0 Å². The summed E-state index contributed by atoms with van der Waals surface area (Å²) in [6, 6.07) is 13.3. The summed E-state index contributed by atoms with van der Waals surface area (Å²) in [6.07, 6.45) is 1.37. The summed E-state index contributed by atoms with van der Waals surface area (Å²) in [5, 5.41) is 3.03. The van der Waals surface area contributed by atoms with Gasteiger partial charge in [0.2, 0.25) is 5.91 Å². The van der Waals surface area contributed by atoms with Gasteiger partial charge in [-0.25, -0.2) is 0 Å². The zero-order valence-corrected chi connectivity index (χ0v) is 19.7. The predicted octanol–water partition coefficient (Wildman–Crippen LogP) is 4.71. The molecule has 2 atom stereocenters. The van der Waals surface area contributed by atoms with E-state index in [9.17, 15) is 9.59 Å². The van der Waals surface area contributed by atoms with Gasteiger partial charge in [0.15, 0.2) is 6.61 Å². The summed E-state index contributed by atoms with van der Waals surface area (Å²) in [5.41, 5.74) is 4.28. The van der Waals surface area contributed by atoms with Gasteiger partial charge in [-0.15, -0.1) is 0 Å². The van der Waals surface area contributed by atoms with Crippen molar-refractivity contribution in [1.29, 1.82) is 0 Å². The second kappa shape index (κ2) is 11.5. The van der Waals surface area contributed by atoms with Crippen LogP contribution in [-0.4, -0.2) is 35.4 Å². The number of carbonyl (C=O) groups is 2. The number of benzene rings is 2. The molecule has 168 valence electrons. The molecule has 0 aliphatic carbocycles. The van der Waals surface area contributed by atoms with E-state index in [-0.39, 0.29) is 24.5 Å². The molecule has 2 rings (SSSR count). The van der Waals surface area contributed by atoms with E-state index in [0.717, 1.165) is 28.7 Å². The summed E-state index contributed by atoms with van der Waals surface area (Å²) in [5.74, 6) is 0.345. The van der Waals surface area contributed by atoms with E-state index < -0.39 is 6.04 Å². The van der Waals surface area contributed by atoms with E-state index in [2.05, 4.69) is 11.4 Å². The number of amides is 2. The van der Waals surface area contributed by atoms with E-state index in [1.54, 1.807) is 4.90 Å². The van der Waals surface area contributed by atoms with Crippen LogP contribution in [0, 0.1) is 20.8 Å². The molecule has 2 aromatic carbocycles. The molecule has 1 N–H and O–H groups in total. The fourth-order valence-corrected chi connectivity index (χ4v) is 3.58. The summed E-state index contributed by atoms with van der Waals surface area (Å²) in [4.78, 5) is 27.9. The molecule has 5 nitrogen and oxygen atoms in total. The van der Waals surface area contributed by atoms with Crippen molar-refractivity contribution in [3.63, 3.8) is 0 Å². The number of ether oxygens (including phenoxy) is 1. The molecule has 0 heterocycles. The summed E-state index contributed by atoms with van der Waals surface area (Å²) in [7, 11) is 0. The van der Waals surface area contributed by atoms with Gasteiger partial charge in [-0.05, 0) is 74.9 Å². The van der Waals surface area contributed by atoms with Crippen molar-refractivity contribution in [3.05, 3.63) is 64.7 Å². The largest absolute Gasteiger partial charge is 0.484 e. The van der Waals surface area contributed by atoms with Crippen LogP contribution in [0.3, 0.4) is 0 Å². The lowest BCUT2D eigenvalue weighted by Gasteiger charge is -2.31. The van der Waals surface area contributed by atoms with Gasteiger partial charge in [-0.3, -0.25) is 9.59 Å². The third-order valence-electron chi connectivity index (χ3n) is 5.55. The summed E-state index contributed by atoms with van der Waals surface area (Å²) >= 11 is 0. The smallest absolute Gasteiger partial charge is 0.261 e. The Hall–Kier alpha value is -2.82. The van der Waals surface area contributed by atoms with Crippen molar-refractivity contribution in [1.82, 2.24) is 10.2 Å². The van der Waals surface area contributed by atoms with Gasteiger partial charge in [-0.1, -0.05) is 44.2 Å². The third kappa shape index (κ3) is 7.12. The molecule has 0 aliphatic rings. The zero-order chi connectivity index (χ0) is 23.0. The molecule has 0 saturated heterocycles. The van der Waals surface area contributed by atoms with Crippen molar-refractivity contribution >= 4 is 11.8 Å². The van der Waals surface area contributed by atoms with Gasteiger partial charge in [0.25, 0.3) is 5.91 Å². The fourth-order valence-electron chi connectivity index (χ4n) is 3.58. The first-order chi connectivity index (χ1) is 14.7. The first-order valence-electron chi connectivity index (χ1n) is 11.1. The van der Waals surface area contributed by atoms with Crippen molar-refractivity contribution in [3.8, 4) is 5.75 Å². The number of hydrogen-bond acceptors (Lipinski definition) is 3. The highest BCUT2D eigenvalue weighted by Crippen LogP contribution is 2.19. The third-order valence-corrected chi connectivity index (χ3v) is 5.55. The van der Waals surface area contributed by atoms with Gasteiger partial charge < -0.3 is 15.0 Å². The van der Waals surface area contributed by atoms with Gasteiger partial charge >= 0.3 is 0 Å². The lowest BCUT2D eigenvalue weighted by Crippen LogP contribution is -2.51. The number of carbonyl (C=O) groups excluding carboxylic acids is 2. The van der Waals surface area contributed by atoms with Crippen LogP contribution in [-0.2, 0) is 16.1 Å². The number of hydrogen-bond donors (Lipinski definition) is 1. The first-order valence-corrected chi connectivity index (χ1v) is 11.1. The molecule has 5 heteroatoms. The molecule has 0 aliphatic heterocycles. The minimum absolute atomic E-state index is 0.0588. The van der Waals surface area contributed by atoms with Crippen LogP contribution in [0.4, 0.5) is 0 Å². The molecule has 0 bridgehead atoms. The Morgan fingerprint density at radius 2 is 1.65 bits per heavy atom. The lowest BCUT2D eigenvalue weighted by atomic mass is 10.1. The van der Waals surface area contributed by atoms with Crippen molar-refractivity contribution in [2.24, 2.45) is 0 Å². The van der Waals surface area contributed by atoms with E-state index in [1.807, 2.05) is 77.9 Å². The van der Waals surface area contributed by atoms with E-state index in [4.69, 9.17) is 4.74 Å². The van der Waals surface area contributed by atoms with Crippen LogP contribution in [0.2, 0.25) is 0 Å². The maximum Gasteiger partial charge on any atom is 0.261 e. The van der Waals surface area contributed by atoms with E-state index in [1.165, 1.54) is 0 Å². The van der Waals surface area contributed by atoms with Gasteiger partial charge in [0.1, 0.15) is 11.8 Å². The van der Waals surface area contributed by atoms with Crippen molar-refractivity contribution < 1.29 is 14.3 Å². The standard InChI is InChI=1S/C26H36N2O3/c1-7-21(6)27-26(30)24(8-2)28(16-22-12-10-9-11-20(22)5)25(29)17-31-23-14-18(3)13-19(4)15-23/h9-15,21,24H,7-8,16-17H2,1-6H3,(H,27,30)/t21-,24+/m0/s1. The molecule has 0 aromatic heterocycles. The van der Waals surface area contributed by atoms with Crippen LogP contribution in [0.5, 0.6) is 5.75 Å². The Morgan fingerprint density at radius 1 is 1.00 bits per heavy atom. The number of rotatable bonds is 10. The Balaban J connectivity index is 2.25. The molecule has 0 radical (unpaired) electrons. The number of aryl methyl sites for hydroxylation is 3. The monoisotopic (exact) mass is 424 g/mol. The molecule has 0 saturated carbocycles. The Morgan fingerprint density at radius 3 is 2.23 bits per heavy atom. The van der Waals surface area contributed by atoms with Crippen LogP contribution >= 0.6 is 0 Å². The lowest BCUT2D eigenvalue weighted by molar-refractivity contribution is -0.143. The quantitative estimate of drug-likeness (QED) is 0.601. The Labute approximate surface area is 186 Å². The van der Waals surface area contributed by atoms with Crippen LogP contribution in [0.25, 0.3) is 0 Å². The van der Waals surface area contributed by atoms with Crippen LogP contribution in [0.15, 0.2) is 42.5 Å². The van der Waals surface area contributed by atoms with Crippen molar-refractivity contribution in [2.75, 3.05) is 6.61 Å². The van der Waals surface area contributed by atoms with E-state index in [0.29, 0.717) is 18.7 Å². The van der Waals surface area contributed by atoms with Gasteiger partial charge in [0.05, 0.1) is 0 Å². The molecule has 0 fully saturated rings. The van der Waals surface area contributed by atoms with Crippen LogP contribution in [0.1, 0.15) is 55.9 Å². The SMILES string of the molecule is CC[C@H](C(=O)N[C@@H](C)CC)N(Cc1ccccc1C)C(=O)COc1cc(C)cc(C)c1. The average molecular weight is 425 g/mol. The second-order valence-corrected chi connectivity index (χ2v) is 8.30. The molecule has 0 unspecified atom stereocenters. The number of nitrogens with zero attached hydrogens (tertiary/aromatic N) is 1. The minimum atomic E-state index is -0.552. The molecule has 31 heavy (non-hydrogen) atoms. The summed E-state index contributed by atoms with van der Waals surface area (Å²) in [6.45, 7) is 12.2. The Bertz CT molecular complexity index is 874. The molecule has 2 aromatic rings. The first kappa shape index (κ1) is 24.4. The predicted molar refractivity (Wildman–Crippen MR) is 125 cm³/mol. The van der Waals surface area contributed by atoms with Crippen LogP contribution < -0.4 is 10.1 Å².